The summed E-state index contributed by atoms with van der Waals surface area (Å²) in [5, 5.41) is 6.98. The Morgan fingerprint density at radius 2 is 1.89 bits per heavy atom. The van der Waals surface area contributed by atoms with E-state index in [0.29, 0.717) is 22.7 Å². The zero-order chi connectivity index (χ0) is 25.8. The number of rotatable bonds is 4. The average molecular weight is 566 g/mol. The van der Waals surface area contributed by atoms with Crippen molar-refractivity contribution in [1.29, 1.82) is 0 Å². The minimum atomic E-state index is -0.440. The monoisotopic (exact) mass is 564 g/mol. The predicted molar refractivity (Wildman–Crippen MR) is 150 cm³/mol. The summed E-state index contributed by atoms with van der Waals surface area (Å²) in [7, 11) is 3.98. The molecule has 1 aliphatic carbocycles. The number of hydrogen-bond donors (Lipinski definition) is 2. The largest absolute Gasteiger partial charge is 0.378 e. The zero-order valence-electron chi connectivity index (χ0n) is 21.0. The van der Waals surface area contributed by atoms with E-state index in [1.807, 2.05) is 68.4 Å². The molecule has 6 nitrogen and oxygen atoms in total. The van der Waals surface area contributed by atoms with E-state index in [1.54, 1.807) is 0 Å². The number of Topliss-reactive ketones (excluding diaryl/α,β-unsaturated/α-hetero) is 1. The second-order valence-corrected chi connectivity index (χ2v) is 12.4. The third-order valence-electron chi connectivity index (χ3n) is 6.80. The van der Waals surface area contributed by atoms with E-state index < -0.39 is 5.92 Å². The molecule has 0 spiro atoms. The van der Waals surface area contributed by atoms with Crippen LogP contribution in [0.3, 0.4) is 0 Å². The van der Waals surface area contributed by atoms with Crippen molar-refractivity contribution >= 4 is 60.0 Å². The van der Waals surface area contributed by atoms with E-state index in [0.717, 1.165) is 43.8 Å². The molecule has 2 aliphatic rings. The van der Waals surface area contributed by atoms with Crippen LogP contribution in [0.25, 0.3) is 10.2 Å². The summed E-state index contributed by atoms with van der Waals surface area (Å²) >= 11 is 4.92. The van der Waals surface area contributed by atoms with Gasteiger partial charge in [-0.25, -0.2) is 4.98 Å². The molecule has 0 fully saturated rings. The van der Waals surface area contributed by atoms with E-state index in [-0.39, 0.29) is 17.1 Å². The fraction of sp³-hybridized carbons (Fsp3) is 0.321. The van der Waals surface area contributed by atoms with E-state index in [2.05, 4.69) is 45.4 Å². The van der Waals surface area contributed by atoms with Crippen LogP contribution >= 0.6 is 27.3 Å². The number of allylic oxidation sites excluding steroid dienone is 3. The Hall–Kier alpha value is -2.97. The molecular formula is C28H29BrN4O2S. The third-order valence-corrected chi connectivity index (χ3v) is 8.22. The van der Waals surface area contributed by atoms with Crippen molar-refractivity contribution < 1.29 is 9.59 Å². The highest BCUT2D eigenvalue weighted by Crippen LogP contribution is 2.47. The molecule has 0 saturated carbocycles. The number of carbonyl (C=O) groups is 2. The number of thiazole rings is 1. The van der Waals surface area contributed by atoms with Crippen molar-refractivity contribution in [2.75, 3.05) is 24.3 Å². The van der Waals surface area contributed by atoms with Crippen LogP contribution in [-0.2, 0) is 9.59 Å². The topological polar surface area (TPSA) is 74.3 Å². The number of carbonyl (C=O) groups excluding carboxylic acids is 2. The van der Waals surface area contributed by atoms with Crippen molar-refractivity contribution in [3.8, 4) is 0 Å². The summed E-state index contributed by atoms with van der Waals surface area (Å²) in [4.78, 5) is 33.9. The first-order valence-electron chi connectivity index (χ1n) is 11.9. The van der Waals surface area contributed by atoms with E-state index in [9.17, 15) is 9.59 Å². The molecule has 0 bridgehead atoms. The Morgan fingerprint density at radius 3 is 2.58 bits per heavy atom. The summed E-state index contributed by atoms with van der Waals surface area (Å²) in [5.74, 6) is -0.591. The van der Waals surface area contributed by atoms with E-state index in [4.69, 9.17) is 0 Å². The summed E-state index contributed by atoms with van der Waals surface area (Å²) < 4.78 is 1.95. The van der Waals surface area contributed by atoms with Gasteiger partial charge >= 0.3 is 0 Å². The zero-order valence-corrected chi connectivity index (χ0v) is 23.4. The van der Waals surface area contributed by atoms with Gasteiger partial charge in [0.25, 0.3) is 5.91 Å². The smallest absolute Gasteiger partial charge is 0.256 e. The Bertz CT molecular complexity index is 1450. The number of fused-ring (bicyclic) bond motifs is 1. The molecule has 5 rings (SSSR count). The summed E-state index contributed by atoms with van der Waals surface area (Å²) in [6, 6.07) is 14.0. The van der Waals surface area contributed by atoms with Gasteiger partial charge in [-0.3, -0.25) is 14.9 Å². The van der Waals surface area contributed by atoms with Crippen molar-refractivity contribution in [2.45, 2.75) is 39.5 Å². The molecule has 186 valence electrons. The molecule has 1 amide bonds. The molecule has 2 N–H and O–H groups in total. The van der Waals surface area contributed by atoms with Gasteiger partial charge in [0.15, 0.2) is 10.9 Å². The minimum absolute atomic E-state index is 0.0954. The second-order valence-electron chi connectivity index (χ2n) is 10.5. The Kier molecular flexibility index (Phi) is 6.29. The maximum atomic E-state index is 13.8. The van der Waals surface area contributed by atoms with Crippen LogP contribution < -0.4 is 15.5 Å². The van der Waals surface area contributed by atoms with Crippen LogP contribution in [0.15, 0.2) is 69.5 Å². The number of aromatic nitrogens is 1. The lowest BCUT2D eigenvalue weighted by Crippen LogP contribution is -2.39. The Balaban J connectivity index is 1.57. The number of nitrogens with zero attached hydrogens (tertiary/aromatic N) is 2. The van der Waals surface area contributed by atoms with E-state index >= 15 is 0 Å². The molecule has 1 unspecified atom stereocenters. The maximum Gasteiger partial charge on any atom is 0.256 e. The molecule has 1 atom stereocenters. The number of nitrogens with one attached hydrogen (secondary N) is 2. The number of hydrogen-bond acceptors (Lipinski definition) is 6. The molecule has 0 radical (unpaired) electrons. The van der Waals surface area contributed by atoms with Gasteiger partial charge in [0.05, 0.1) is 10.2 Å². The number of amides is 1. The number of benzene rings is 2. The standard InChI is InChI=1S/C28H29BrN4O2S/c1-15-23(26(35)32-27-31-19-11-8-17(29)12-22(19)36-27)24(16-6-9-18(10-7-16)33(4)5)25-20(30-15)13-28(2,3)14-21(25)34/h6-12,24,30H,13-14H2,1-5H3,(H,31,32,35). The van der Waals surface area contributed by atoms with Crippen LogP contribution in [0.2, 0.25) is 0 Å². The van der Waals surface area contributed by atoms with Gasteiger partial charge in [0, 0.05) is 59.1 Å². The van der Waals surface area contributed by atoms with Crippen molar-refractivity contribution in [1.82, 2.24) is 10.3 Å². The lowest BCUT2D eigenvalue weighted by atomic mass is 9.68. The summed E-state index contributed by atoms with van der Waals surface area (Å²) in [6.07, 6.45) is 1.22. The number of anilines is 2. The fourth-order valence-corrected chi connectivity index (χ4v) is 6.56. The van der Waals surface area contributed by atoms with Gasteiger partial charge in [-0.1, -0.05) is 53.2 Å². The highest BCUT2D eigenvalue weighted by molar-refractivity contribution is 9.10. The molecule has 2 heterocycles. The van der Waals surface area contributed by atoms with Gasteiger partial charge in [-0.15, -0.1) is 0 Å². The van der Waals surface area contributed by atoms with Gasteiger partial charge in [0.1, 0.15) is 0 Å². The van der Waals surface area contributed by atoms with Crippen molar-refractivity contribution in [3.63, 3.8) is 0 Å². The van der Waals surface area contributed by atoms with Crippen molar-refractivity contribution in [3.05, 3.63) is 75.0 Å². The SMILES string of the molecule is CC1=C(C(=O)Nc2nc3ccc(Br)cc3s2)C(c2ccc(N(C)C)cc2)C2=C(CC(C)(C)CC2=O)N1. The fourth-order valence-electron chi connectivity index (χ4n) is 5.15. The van der Waals surface area contributed by atoms with Gasteiger partial charge < -0.3 is 10.2 Å². The highest BCUT2D eigenvalue weighted by atomic mass is 79.9. The molecule has 36 heavy (non-hydrogen) atoms. The van der Waals surface area contributed by atoms with E-state index in [1.165, 1.54) is 11.3 Å². The molecule has 3 aromatic rings. The van der Waals surface area contributed by atoms with Gasteiger partial charge in [-0.05, 0) is 54.7 Å². The minimum Gasteiger partial charge on any atom is -0.378 e. The molecule has 2 aromatic carbocycles. The highest BCUT2D eigenvalue weighted by Gasteiger charge is 2.42. The first-order chi connectivity index (χ1) is 17.0. The van der Waals surface area contributed by atoms with Crippen LogP contribution in [0, 0.1) is 5.41 Å². The molecule has 0 saturated heterocycles. The van der Waals surface area contributed by atoms with Crippen LogP contribution in [-0.4, -0.2) is 30.8 Å². The first kappa shape index (κ1) is 24.7. The molecule has 8 heteroatoms. The quantitative estimate of drug-likeness (QED) is 0.385. The van der Waals surface area contributed by atoms with Gasteiger partial charge in [0.2, 0.25) is 0 Å². The third kappa shape index (κ3) is 4.60. The van der Waals surface area contributed by atoms with Crippen LogP contribution in [0.1, 0.15) is 45.1 Å². The van der Waals surface area contributed by atoms with Crippen LogP contribution in [0.4, 0.5) is 10.8 Å². The number of halogens is 1. The maximum absolute atomic E-state index is 13.8. The molecule has 1 aromatic heterocycles. The Labute approximate surface area is 223 Å². The normalized spacial score (nSPS) is 19.3. The van der Waals surface area contributed by atoms with Crippen LogP contribution in [0.5, 0.6) is 0 Å². The molecular weight excluding hydrogens is 536 g/mol. The summed E-state index contributed by atoms with van der Waals surface area (Å²) in [5.41, 5.74) is 5.65. The van der Waals surface area contributed by atoms with Crippen molar-refractivity contribution in [2.24, 2.45) is 5.41 Å². The van der Waals surface area contributed by atoms with Gasteiger partial charge in [-0.2, -0.15) is 0 Å². The number of ketones is 1. The second kappa shape index (κ2) is 9.16. The lowest BCUT2D eigenvalue weighted by molar-refractivity contribution is -0.118. The predicted octanol–water partition coefficient (Wildman–Crippen LogP) is 6.37. The molecule has 1 aliphatic heterocycles. The first-order valence-corrected chi connectivity index (χ1v) is 13.5. The summed E-state index contributed by atoms with van der Waals surface area (Å²) in [6.45, 7) is 6.15. The number of dihydropyridines is 1. The lowest BCUT2D eigenvalue weighted by Gasteiger charge is -2.39. The average Bonchev–Trinajstić information content (AvgIpc) is 3.18. The Morgan fingerprint density at radius 1 is 1.17 bits per heavy atom.